The predicted molar refractivity (Wildman–Crippen MR) is 119 cm³/mol. The molecule has 0 fully saturated rings. The van der Waals surface area contributed by atoms with Crippen LogP contribution in [0.1, 0.15) is 5.56 Å². The molecule has 0 saturated heterocycles. The first-order valence-electron chi connectivity index (χ1n) is 9.09. The molecular formula is C22H21ClN2O4S. The van der Waals surface area contributed by atoms with Gasteiger partial charge in [-0.25, -0.2) is 8.42 Å². The van der Waals surface area contributed by atoms with E-state index in [1.807, 2.05) is 6.92 Å². The van der Waals surface area contributed by atoms with Crippen molar-refractivity contribution >= 4 is 38.9 Å². The summed E-state index contributed by atoms with van der Waals surface area (Å²) < 4.78 is 32.8. The Morgan fingerprint density at radius 2 is 1.70 bits per heavy atom. The van der Waals surface area contributed by atoms with Crippen molar-refractivity contribution in [1.82, 2.24) is 0 Å². The maximum Gasteiger partial charge on any atom is 0.264 e. The third-order valence-corrected chi connectivity index (χ3v) is 6.63. The summed E-state index contributed by atoms with van der Waals surface area (Å²) in [4.78, 5) is 12.8. The van der Waals surface area contributed by atoms with Crippen molar-refractivity contribution in [3.63, 3.8) is 0 Å². The largest absolute Gasteiger partial charge is 0.497 e. The van der Waals surface area contributed by atoms with E-state index in [2.05, 4.69) is 5.32 Å². The Morgan fingerprint density at radius 1 is 1.03 bits per heavy atom. The van der Waals surface area contributed by atoms with Crippen LogP contribution in [-0.4, -0.2) is 28.0 Å². The van der Waals surface area contributed by atoms with E-state index in [9.17, 15) is 13.2 Å². The van der Waals surface area contributed by atoms with Gasteiger partial charge in [0.1, 0.15) is 12.3 Å². The minimum absolute atomic E-state index is 0.0577. The number of methoxy groups -OCH3 is 1. The quantitative estimate of drug-likeness (QED) is 0.582. The molecular weight excluding hydrogens is 424 g/mol. The number of amides is 1. The number of nitrogens with one attached hydrogen (secondary N) is 1. The highest BCUT2D eigenvalue weighted by Gasteiger charge is 2.27. The van der Waals surface area contributed by atoms with E-state index in [0.29, 0.717) is 22.1 Å². The molecule has 3 aromatic rings. The lowest BCUT2D eigenvalue weighted by molar-refractivity contribution is -0.114. The Labute approximate surface area is 181 Å². The molecule has 0 aliphatic carbocycles. The summed E-state index contributed by atoms with van der Waals surface area (Å²) >= 11 is 6.02. The van der Waals surface area contributed by atoms with Crippen LogP contribution in [0.3, 0.4) is 0 Å². The molecule has 0 bridgehead atoms. The van der Waals surface area contributed by atoms with Crippen molar-refractivity contribution in [3.8, 4) is 5.75 Å². The molecule has 0 aromatic heterocycles. The maximum atomic E-state index is 13.3. The number of anilines is 2. The lowest BCUT2D eigenvalue weighted by atomic mass is 10.2. The van der Waals surface area contributed by atoms with Crippen LogP contribution in [0.15, 0.2) is 77.7 Å². The number of sulfonamides is 1. The lowest BCUT2D eigenvalue weighted by Crippen LogP contribution is -2.38. The summed E-state index contributed by atoms with van der Waals surface area (Å²) in [6, 6.07) is 19.6. The van der Waals surface area contributed by atoms with Gasteiger partial charge in [-0.15, -0.1) is 0 Å². The molecule has 3 rings (SSSR count). The van der Waals surface area contributed by atoms with Crippen molar-refractivity contribution in [1.29, 1.82) is 0 Å². The van der Waals surface area contributed by atoms with Crippen LogP contribution in [0.5, 0.6) is 5.75 Å². The second-order valence-corrected chi connectivity index (χ2v) is 8.80. The fraction of sp³-hybridized carbons (Fsp3) is 0.136. The Bertz CT molecular complexity index is 1130. The van der Waals surface area contributed by atoms with Crippen LogP contribution in [0.4, 0.5) is 11.4 Å². The van der Waals surface area contributed by atoms with Crippen molar-refractivity contribution in [2.75, 3.05) is 23.3 Å². The van der Waals surface area contributed by atoms with E-state index in [4.69, 9.17) is 16.3 Å². The van der Waals surface area contributed by atoms with Gasteiger partial charge < -0.3 is 10.1 Å². The fourth-order valence-electron chi connectivity index (χ4n) is 2.84. The van der Waals surface area contributed by atoms with Gasteiger partial charge in [0.2, 0.25) is 5.91 Å². The van der Waals surface area contributed by atoms with E-state index in [1.54, 1.807) is 60.7 Å². The summed E-state index contributed by atoms with van der Waals surface area (Å²) in [5.74, 6) is 0.0636. The fourth-order valence-corrected chi connectivity index (χ4v) is 4.38. The van der Waals surface area contributed by atoms with Gasteiger partial charge in [-0.3, -0.25) is 9.10 Å². The highest BCUT2D eigenvalue weighted by atomic mass is 35.5. The molecule has 0 saturated carbocycles. The number of benzene rings is 3. The molecule has 0 heterocycles. The average Bonchev–Trinajstić information content (AvgIpc) is 2.75. The van der Waals surface area contributed by atoms with E-state index < -0.39 is 15.9 Å². The second-order valence-electron chi connectivity index (χ2n) is 6.53. The normalized spacial score (nSPS) is 11.0. The number of carbonyl (C=O) groups excluding carboxylic acids is 1. The SMILES string of the molecule is COc1ccc(S(=O)(=O)N(CC(=O)Nc2ccc(Cl)c(C)c2)c2ccccc2)cc1. The molecule has 0 aliphatic heterocycles. The molecule has 1 N–H and O–H groups in total. The molecule has 0 radical (unpaired) electrons. The maximum absolute atomic E-state index is 13.3. The summed E-state index contributed by atoms with van der Waals surface area (Å²) in [7, 11) is -2.48. The highest BCUT2D eigenvalue weighted by Crippen LogP contribution is 2.25. The molecule has 0 atom stereocenters. The topological polar surface area (TPSA) is 75.7 Å². The number of hydrogen-bond acceptors (Lipinski definition) is 4. The smallest absolute Gasteiger partial charge is 0.264 e. The Hall–Kier alpha value is -3.03. The zero-order chi connectivity index (χ0) is 21.7. The monoisotopic (exact) mass is 444 g/mol. The third-order valence-electron chi connectivity index (χ3n) is 4.42. The number of rotatable bonds is 7. The molecule has 156 valence electrons. The number of nitrogens with zero attached hydrogens (tertiary/aromatic N) is 1. The highest BCUT2D eigenvalue weighted by molar-refractivity contribution is 7.92. The molecule has 30 heavy (non-hydrogen) atoms. The Morgan fingerprint density at radius 3 is 2.30 bits per heavy atom. The van der Waals surface area contributed by atoms with Gasteiger partial charge >= 0.3 is 0 Å². The predicted octanol–water partition coefficient (Wildman–Crippen LogP) is 4.49. The lowest BCUT2D eigenvalue weighted by Gasteiger charge is -2.24. The first-order chi connectivity index (χ1) is 14.3. The molecule has 8 heteroatoms. The summed E-state index contributed by atoms with van der Waals surface area (Å²) in [5.41, 5.74) is 1.73. The van der Waals surface area contributed by atoms with E-state index in [0.717, 1.165) is 9.87 Å². The standard InChI is InChI=1S/C22H21ClN2O4S/c1-16-14-17(8-13-21(16)23)24-22(26)15-25(18-6-4-3-5-7-18)30(27,28)20-11-9-19(29-2)10-12-20/h3-14H,15H2,1-2H3,(H,24,26). The van der Waals surface area contributed by atoms with Gasteiger partial charge in [-0.1, -0.05) is 29.8 Å². The van der Waals surface area contributed by atoms with Gasteiger partial charge in [-0.2, -0.15) is 0 Å². The van der Waals surface area contributed by atoms with Gasteiger partial charge in [0, 0.05) is 10.7 Å². The minimum Gasteiger partial charge on any atom is -0.497 e. The first-order valence-corrected chi connectivity index (χ1v) is 10.9. The van der Waals surface area contributed by atoms with E-state index >= 15 is 0 Å². The molecule has 3 aromatic carbocycles. The summed E-state index contributed by atoms with van der Waals surface area (Å²) in [5, 5.41) is 3.31. The first kappa shape index (κ1) is 21.7. The van der Waals surface area contributed by atoms with Gasteiger partial charge in [-0.05, 0) is 67.1 Å². The molecule has 0 unspecified atom stereocenters. The minimum atomic E-state index is -3.99. The second kappa shape index (κ2) is 9.19. The van der Waals surface area contributed by atoms with Crippen LogP contribution >= 0.6 is 11.6 Å². The Kier molecular flexibility index (Phi) is 6.64. The van der Waals surface area contributed by atoms with Crippen LogP contribution in [0.25, 0.3) is 0 Å². The van der Waals surface area contributed by atoms with Crippen LogP contribution < -0.4 is 14.4 Å². The molecule has 6 nitrogen and oxygen atoms in total. The average molecular weight is 445 g/mol. The van der Waals surface area contributed by atoms with Crippen molar-refractivity contribution in [2.24, 2.45) is 0 Å². The molecule has 0 spiro atoms. The zero-order valence-electron chi connectivity index (χ0n) is 16.5. The zero-order valence-corrected chi connectivity index (χ0v) is 18.1. The number of para-hydroxylation sites is 1. The van der Waals surface area contributed by atoms with Gasteiger partial charge in [0.05, 0.1) is 17.7 Å². The number of aryl methyl sites for hydroxylation is 1. The summed E-state index contributed by atoms with van der Waals surface area (Å²) in [6.45, 7) is 1.43. The molecule has 0 aliphatic rings. The van der Waals surface area contributed by atoms with Crippen LogP contribution in [-0.2, 0) is 14.8 Å². The van der Waals surface area contributed by atoms with Crippen molar-refractivity contribution in [2.45, 2.75) is 11.8 Å². The van der Waals surface area contributed by atoms with Gasteiger partial charge in [0.25, 0.3) is 10.0 Å². The number of hydrogen-bond donors (Lipinski definition) is 1. The van der Waals surface area contributed by atoms with Crippen molar-refractivity contribution < 1.29 is 17.9 Å². The van der Waals surface area contributed by atoms with Gasteiger partial charge in [0.15, 0.2) is 0 Å². The van der Waals surface area contributed by atoms with Crippen LogP contribution in [0, 0.1) is 6.92 Å². The van der Waals surface area contributed by atoms with Crippen LogP contribution in [0.2, 0.25) is 5.02 Å². The van der Waals surface area contributed by atoms with Crippen molar-refractivity contribution in [3.05, 3.63) is 83.4 Å². The molecule has 1 amide bonds. The number of halogens is 1. The number of ether oxygens (including phenoxy) is 1. The van der Waals surface area contributed by atoms with E-state index in [1.165, 1.54) is 19.2 Å². The van der Waals surface area contributed by atoms with E-state index in [-0.39, 0.29) is 11.4 Å². The third kappa shape index (κ3) is 4.93. The number of carbonyl (C=O) groups is 1. The summed E-state index contributed by atoms with van der Waals surface area (Å²) in [6.07, 6.45) is 0. The Balaban J connectivity index is 1.90.